The number of nitrogens with zero attached hydrogens (tertiary/aromatic N) is 1. The Balaban J connectivity index is 2.46. The van der Waals surface area contributed by atoms with E-state index in [9.17, 15) is 19.5 Å². The Labute approximate surface area is 139 Å². The lowest BCUT2D eigenvalue weighted by atomic mass is 10.1. The third kappa shape index (κ3) is 3.78. The third-order valence-corrected chi connectivity index (χ3v) is 3.59. The average Bonchev–Trinajstić information content (AvgIpc) is 2.59. The number of imide groups is 1. The second kappa shape index (κ2) is 7.60. The number of carbonyl (C=O) groups excluding carboxylic acids is 2. The molecule has 0 heterocycles. The van der Waals surface area contributed by atoms with Gasteiger partial charge in [0.25, 0.3) is 11.8 Å². The van der Waals surface area contributed by atoms with Gasteiger partial charge in [-0.2, -0.15) is 12.6 Å². The first-order chi connectivity index (χ1) is 11.1. The van der Waals surface area contributed by atoms with Gasteiger partial charge in [0, 0.05) is 16.9 Å². The van der Waals surface area contributed by atoms with Crippen LogP contribution in [0.15, 0.2) is 60.7 Å². The summed E-state index contributed by atoms with van der Waals surface area (Å²) >= 11 is 3.98. The van der Waals surface area contributed by atoms with Gasteiger partial charge in [-0.3, -0.25) is 14.5 Å². The molecule has 0 aromatic heterocycles. The molecular formula is C17H15NO4S. The maximum Gasteiger partial charge on any atom is 0.327 e. The lowest BCUT2D eigenvalue weighted by Crippen LogP contribution is -2.49. The predicted octanol–water partition coefficient (Wildman–Crippen LogP) is 2.35. The van der Waals surface area contributed by atoms with Crippen molar-refractivity contribution in [1.82, 2.24) is 4.90 Å². The molecule has 2 aromatic rings. The van der Waals surface area contributed by atoms with E-state index in [4.69, 9.17) is 0 Å². The maximum absolute atomic E-state index is 12.7. The molecule has 2 aromatic carbocycles. The first-order valence-electron chi connectivity index (χ1n) is 6.88. The second-order valence-corrected chi connectivity index (χ2v) is 5.11. The number of thiol groups is 1. The van der Waals surface area contributed by atoms with Crippen LogP contribution in [0.2, 0.25) is 0 Å². The van der Waals surface area contributed by atoms with Crippen molar-refractivity contribution in [3.63, 3.8) is 0 Å². The first-order valence-corrected chi connectivity index (χ1v) is 7.51. The highest BCUT2D eigenvalue weighted by Crippen LogP contribution is 2.15. The molecule has 1 unspecified atom stereocenters. The highest BCUT2D eigenvalue weighted by Gasteiger charge is 2.34. The summed E-state index contributed by atoms with van der Waals surface area (Å²) < 4.78 is 0. The van der Waals surface area contributed by atoms with Crippen molar-refractivity contribution in [3.05, 3.63) is 71.8 Å². The fraction of sp³-hybridized carbons (Fsp3) is 0.118. The lowest BCUT2D eigenvalue weighted by Gasteiger charge is -2.26. The van der Waals surface area contributed by atoms with Crippen LogP contribution in [-0.2, 0) is 4.79 Å². The van der Waals surface area contributed by atoms with E-state index in [1.807, 2.05) is 0 Å². The Morgan fingerprint density at radius 2 is 1.26 bits per heavy atom. The third-order valence-electron chi connectivity index (χ3n) is 3.25. The van der Waals surface area contributed by atoms with E-state index in [-0.39, 0.29) is 16.9 Å². The standard InChI is InChI=1S/C17H15NO4S/c19-15(12-7-3-1-4-8-12)18(14(11-23)17(21)22)16(20)13-9-5-2-6-10-13/h1-10,14,23H,11H2,(H,21,22). The summed E-state index contributed by atoms with van der Waals surface area (Å²) in [6.07, 6.45) is 0. The molecule has 2 rings (SSSR count). The van der Waals surface area contributed by atoms with E-state index in [1.54, 1.807) is 36.4 Å². The Hall–Kier alpha value is -2.60. The minimum Gasteiger partial charge on any atom is -0.480 e. The number of carboxylic acid groups (broad SMARTS) is 1. The van der Waals surface area contributed by atoms with Gasteiger partial charge in [-0.05, 0) is 24.3 Å². The molecular weight excluding hydrogens is 314 g/mol. The second-order valence-electron chi connectivity index (χ2n) is 4.75. The highest BCUT2D eigenvalue weighted by atomic mass is 32.1. The number of carboxylic acids is 1. The predicted molar refractivity (Wildman–Crippen MR) is 88.7 cm³/mol. The lowest BCUT2D eigenvalue weighted by molar-refractivity contribution is -0.140. The monoisotopic (exact) mass is 329 g/mol. The summed E-state index contributed by atoms with van der Waals surface area (Å²) in [6.45, 7) is 0. The molecule has 0 aliphatic carbocycles. The molecule has 0 saturated heterocycles. The Bertz CT molecular complexity index is 652. The molecule has 23 heavy (non-hydrogen) atoms. The normalized spacial score (nSPS) is 11.5. The minimum absolute atomic E-state index is 0.174. The van der Waals surface area contributed by atoms with Crippen molar-refractivity contribution in [2.45, 2.75) is 6.04 Å². The van der Waals surface area contributed by atoms with E-state index in [0.717, 1.165) is 4.90 Å². The summed E-state index contributed by atoms with van der Waals surface area (Å²) in [5, 5.41) is 9.34. The van der Waals surface area contributed by atoms with Crippen LogP contribution in [0, 0.1) is 0 Å². The molecule has 118 valence electrons. The van der Waals surface area contributed by atoms with Crippen molar-refractivity contribution in [3.8, 4) is 0 Å². The number of hydrogen-bond acceptors (Lipinski definition) is 4. The van der Waals surface area contributed by atoms with E-state index in [2.05, 4.69) is 12.6 Å². The SMILES string of the molecule is O=C(O)C(CS)N(C(=O)c1ccccc1)C(=O)c1ccccc1. The van der Waals surface area contributed by atoms with Gasteiger partial charge in [0.1, 0.15) is 6.04 Å². The van der Waals surface area contributed by atoms with Crippen molar-refractivity contribution in [2.75, 3.05) is 5.75 Å². The zero-order valence-electron chi connectivity index (χ0n) is 12.1. The summed E-state index contributed by atoms with van der Waals surface area (Å²) in [6, 6.07) is 14.8. The molecule has 1 atom stereocenters. The number of hydrogen-bond donors (Lipinski definition) is 2. The van der Waals surface area contributed by atoms with Crippen molar-refractivity contribution < 1.29 is 19.5 Å². The summed E-state index contributed by atoms with van der Waals surface area (Å²) in [5.74, 6) is -2.79. The Morgan fingerprint density at radius 3 is 1.57 bits per heavy atom. The first kappa shape index (κ1) is 16.8. The molecule has 0 fully saturated rings. The van der Waals surface area contributed by atoms with Crippen LogP contribution in [0.5, 0.6) is 0 Å². The van der Waals surface area contributed by atoms with E-state index in [0.29, 0.717) is 0 Å². The van der Waals surface area contributed by atoms with Crippen LogP contribution in [0.25, 0.3) is 0 Å². The van der Waals surface area contributed by atoms with Gasteiger partial charge in [-0.15, -0.1) is 0 Å². The molecule has 1 N–H and O–H groups in total. The molecule has 0 saturated carbocycles. The zero-order valence-corrected chi connectivity index (χ0v) is 13.0. The smallest absolute Gasteiger partial charge is 0.327 e. The molecule has 6 heteroatoms. The fourth-order valence-corrected chi connectivity index (χ4v) is 2.40. The molecule has 5 nitrogen and oxygen atoms in total. The largest absolute Gasteiger partial charge is 0.480 e. The quantitative estimate of drug-likeness (QED) is 0.652. The van der Waals surface area contributed by atoms with Crippen molar-refractivity contribution >= 4 is 30.4 Å². The Kier molecular flexibility index (Phi) is 5.54. The summed E-state index contributed by atoms with van der Waals surface area (Å²) in [7, 11) is 0. The van der Waals surface area contributed by atoms with E-state index >= 15 is 0 Å². The molecule has 0 spiro atoms. The van der Waals surface area contributed by atoms with Gasteiger partial charge in [-0.1, -0.05) is 36.4 Å². The topological polar surface area (TPSA) is 74.7 Å². The molecule has 0 radical (unpaired) electrons. The fourth-order valence-electron chi connectivity index (χ4n) is 2.09. The van der Waals surface area contributed by atoms with Gasteiger partial charge in [0.05, 0.1) is 0 Å². The maximum atomic E-state index is 12.7. The summed E-state index contributed by atoms with van der Waals surface area (Å²) in [4.78, 5) is 37.5. The van der Waals surface area contributed by atoms with Crippen LogP contribution in [-0.4, -0.2) is 39.6 Å². The van der Waals surface area contributed by atoms with Gasteiger partial charge < -0.3 is 5.11 Å². The molecule has 0 bridgehead atoms. The number of amides is 2. The van der Waals surface area contributed by atoms with E-state index in [1.165, 1.54) is 24.3 Å². The van der Waals surface area contributed by atoms with E-state index < -0.39 is 23.8 Å². The van der Waals surface area contributed by atoms with Crippen LogP contribution in [0.4, 0.5) is 0 Å². The van der Waals surface area contributed by atoms with Crippen LogP contribution in [0.1, 0.15) is 20.7 Å². The number of benzene rings is 2. The highest BCUT2D eigenvalue weighted by molar-refractivity contribution is 7.80. The number of carbonyl (C=O) groups is 3. The minimum atomic E-state index is -1.35. The van der Waals surface area contributed by atoms with Crippen LogP contribution < -0.4 is 0 Å². The summed E-state index contributed by atoms with van der Waals surface area (Å²) in [5.41, 5.74) is 0.481. The van der Waals surface area contributed by atoms with Gasteiger partial charge >= 0.3 is 5.97 Å². The molecule has 0 aliphatic heterocycles. The van der Waals surface area contributed by atoms with Gasteiger partial charge in [-0.25, -0.2) is 4.79 Å². The zero-order chi connectivity index (χ0) is 16.8. The van der Waals surface area contributed by atoms with Crippen LogP contribution >= 0.6 is 12.6 Å². The van der Waals surface area contributed by atoms with Gasteiger partial charge in [0.15, 0.2) is 0 Å². The Morgan fingerprint density at radius 1 is 0.870 bits per heavy atom. The number of rotatable bonds is 5. The molecule has 2 amide bonds. The molecule has 0 aliphatic rings. The van der Waals surface area contributed by atoms with Crippen LogP contribution in [0.3, 0.4) is 0 Å². The van der Waals surface area contributed by atoms with Gasteiger partial charge in [0.2, 0.25) is 0 Å². The van der Waals surface area contributed by atoms with Crippen molar-refractivity contribution in [1.29, 1.82) is 0 Å². The van der Waals surface area contributed by atoms with Crippen molar-refractivity contribution in [2.24, 2.45) is 0 Å². The average molecular weight is 329 g/mol. The number of aliphatic carboxylic acids is 1.